The van der Waals surface area contributed by atoms with E-state index in [4.69, 9.17) is 9.15 Å². The number of hydrogen-bond donors (Lipinski definition) is 2. The summed E-state index contributed by atoms with van der Waals surface area (Å²) in [6.07, 6.45) is 0. The molecule has 1 amide bonds. The first-order chi connectivity index (χ1) is 14.3. The molecule has 0 spiro atoms. The van der Waals surface area contributed by atoms with Crippen molar-refractivity contribution in [1.29, 1.82) is 0 Å². The molecule has 0 fully saturated rings. The summed E-state index contributed by atoms with van der Waals surface area (Å²) in [5.41, 5.74) is 1.69. The third-order valence-electron chi connectivity index (χ3n) is 4.19. The number of halogens is 1. The maximum atomic E-state index is 12.5. The summed E-state index contributed by atoms with van der Waals surface area (Å²) in [7, 11) is -3.37. The summed E-state index contributed by atoms with van der Waals surface area (Å²) in [5.74, 6) is 0.916. The van der Waals surface area contributed by atoms with Crippen LogP contribution in [0.5, 0.6) is 5.75 Å². The first-order valence-electron chi connectivity index (χ1n) is 9.15. The van der Waals surface area contributed by atoms with Crippen LogP contribution in [-0.4, -0.2) is 20.1 Å². The van der Waals surface area contributed by atoms with Crippen LogP contribution in [0.15, 0.2) is 63.5 Å². The van der Waals surface area contributed by atoms with E-state index in [1.54, 1.807) is 44.2 Å². The first kappa shape index (κ1) is 21.9. The molecule has 0 saturated carbocycles. The molecule has 0 aliphatic heterocycles. The van der Waals surface area contributed by atoms with Crippen LogP contribution in [0.3, 0.4) is 0 Å². The Kier molecular flexibility index (Phi) is 6.84. The lowest BCUT2D eigenvalue weighted by molar-refractivity contribution is 0.0992. The number of furan rings is 1. The van der Waals surface area contributed by atoms with Gasteiger partial charge in [0.2, 0.25) is 10.0 Å². The Bertz CT molecular complexity index is 1160. The van der Waals surface area contributed by atoms with Gasteiger partial charge in [-0.3, -0.25) is 9.52 Å². The summed E-state index contributed by atoms with van der Waals surface area (Å²) >= 11 is 3.38. The largest absolute Gasteiger partial charge is 0.486 e. The standard InChI is InChI=1S/C21H21BrN2O5S/c1-3-30(26,27)24-19-9-7-16(11-14(19)2)23-21(25)20-10-8-18(29-20)13-28-17-6-4-5-15(22)12-17/h4-12,24H,3,13H2,1-2H3,(H,23,25). The highest BCUT2D eigenvalue weighted by Gasteiger charge is 2.14. The van der Waals surface area contributed by atoms with E-state index in [0.29, 0.717) is 28.4 Å². The monoisotopic (exact) mass is 492 g/mol. The molecule has 1 heterocycles. The first-order valence-corrected chi connectivity index (χ1v) is 11.6. The van der Waals surface area contributed by atoms with Crippen molar-refractivity contribution in [2.45, 2.75) is 20.5 Å². The average Bonchev–Trinajstić information content (AvgIpc) is 3.18. The second kappa shape index (κ2) is 9.36. The molecule has 0 atom stereocenters. The van der Waals surface area contributed by atoms with Crippen LogP contribution in [0.1, 0.15) is 28.8 Å². The van der Waals surface area contributed by atoms with Crippen molar-refractivity contribution < 1.29 is 22.4 Å². The lowest BCUT2D eigenvalue weighted by Gasteiger charge is -2.11. The topological polar surface area (TPSA) is 97.6 Å². The van der Waals surface area contributed by atoms with Gasteiger partial charge in [0, 0.05) is 10.2 Å². The fourth-order valence-corrected chi connectivity index (χ4v) is 3.66. The van der Waals surface area contributed by atoms with Crippen molar-refractivity contribution in [3.63, 3.8) is 0 Å². The Morgan fingerprint density at radius 3 is 2.63 bits per heavy atom. The van der Waals surface area contributed by atoms with Gasteiger partial charge in [-0.2, -0.15) is 0 Å². The van der Waals surface area contributed by atoms with Crippen LogP contribution in [0.2, 0.25) is 0 Å². The number of carbonyl (C=O) groups is 1. The quantitative estimate of drug-likeness (QED) is 0.463. The molecule has 9 heteroatoms. The van der Waals surface area contributed by atoms with Gasteiger partial charge in [-0.15, -0.1) is 0 Å². The zero-order chi connectivity index (χ0) is 21.7. The van der Waals surface area contributed by atoms with Gasteiger partial charge in [0.15, 0.2) is 5.76 Å². The molecule has 0 radical (unpaired) electrons. The number of anilines is 2. The summed E-state index contributed by atoms with van der Waals surface area (Å²) in [6, 6.07) is 15.6. The fourth-order valence-electron chi connectivity index (χ4n) is 2.58. The fraction of sp³-hybridized carbons (Fsp3) is 0.190. The summed E-state index contributed by atoms with van der Waals surface area (Å²) in [5, 5.41) is 2.74. The van der Waals surface area contributed by atoms with Crippen LogP contribution in [-0.2, 0) is 16.6 Å². The normalized spacial score (nSPS) is 11.2. The lowest BCUT2D eigenvalue weighted by atomic mass is 10.2. The molecule has 0 unspecified atom stereocenters. The number of rotatable bonds is 8. The van der Waals surface area contributed by atoms with Crippen LogP contribution < -0.4 is 14.8 Å². The second-order valence-electron chi connectivity index (χ2n) is 6.50. The van der Waals surface area contributed by atoms with Gasteiger partial charge in [-0.1, -0.05) is 22.0 Å². The van der Waals surface area contributed by atoms with Crippen LogP contribution >= 0.6 is 15.9 Å². The van der Waals surface area contributed by atoms with E-state index < -0.39 is 15.9 Å². The minimum Gasteiger partial charge on any atom is -0.486 e. The SMILES string of the molecule is CCS(=O)(=O)Nc1ccc(NC(=O)c2ccc(COc3cccc(Br)c3)o2)cc1C. The number of benzene rings is 2. The van der Waals surface area contributed by atoms with Gasteiger partial charge in [-0.05, 0) is 67.9 Å². The molecule has 0 aliphatic rings. The van der Waals surface area contributed by atoms with E-state index in [-0.39, 0.29) is 18.1 Å². The summed E-state index contributed by atoms with van der Waals surface area (Å²) in [4.78, 5) is 12.5. The second-order valence-corrected chi connectivity index (χ2v) is 9.43. The maximum Gasteiger partial charge on any atom is 0.291 e. The van der Waals surface area contributed by atoms with Crippen molar-refractivity contribution >= 4 is 43.2 Å². The van der Waals surface area contributed by atoms with E-state index >= 15 is 0 Å². The number of sulfonamides is 1. The Balaban J connectivity index is 1.62. The van der Waals surface area contributed by atoms with Gasteiger partial charge in [0.1, 0.15) is 18.1 Å². The molecule has 0 bridgehead atoms. The van der Waals surface area contributed by atoms with Crippen molar-refractivity contribution in [3.8, 4) is 5.75 Å². The highest BCUT2D eigenvalue weighted by molar-refractivity contribution is 9.10. The smallest absolute Gasteiger partial charge is 0.291 e. The summed E-state index contributed by atoms with van der Waals surface area (Å²) < 4.78 is 38.1. The van der Waals surface area contributed by atoms with Crippen molar-refractivity contribution in [3.05, 3.63) is 76.2 Å². The van der Waals surface area contributed by atoms with Crippen LogP contribution in [0, 0.1) is 6.92 Å². The van der Waals surface area contributed by atoms with E-state index in [9.17, 15) is 13.2 Å². The highest BCUT2D eigenvalue weighted by Crippen LogP contribution is 2.22. The number of nitrogens with one attached hydrogen (secondary N) is 2. The van der Waals surface area contributed by atoms with E-state index in [2.05, 4.69) is 26.0 Å². The molecule has 158 valence electrons. The molecule has 2 N–H and O–H groups in total. The van der Waals surface area contributed by atoms with Gasteiger partial charge < -0.3 is 14.5 Å². The molecule has 30 heavy (non-hydrogen) atoms. The molecule has 2 aromatic carbocycles. The van der Waals surface area contributed by atoms with Gasteiger partial charge in [-0.25, -0.2) is 8.42 Å². The third kappa shape index (κ3) is 5.87. The summed E-state index contributed by atoms with van der Waals surface area (Å²) in [6.45, 7) is 3.51. The average molecular weight is 493 g/mol. The van der Waals surface area contributed by atoms with E-state index in [1.807, 2.05) is 24.3 Å². The number of carbonyl (C=O) groups excluding carboxylic acids is 1. The Morgan fingerprint density at radius 1 is 1.13 bits per heavy atom. The van der Waals surface area contributed by atoms with Crippen LogP contribution in [0.4, 0.5) is 11.4 Å². The molecular weight excluding hydrogens is 472 g/mol. The highest BCUT2D eigenvalue weighted by atomic mass is 79.9. The lowest BCUT2D eigenvalue weighted by Crippen LogP contribution is -2.16. The van der Waals surface area contributed by atoms with Crippen molar-refractivity contribution in [1.82, 2.24) is 0 Å². The maximum absolute atomic E-state index is 12.5. The number of hydrogen-bond acceptors (Lipinski definition) is 5. The Labute approximate surface area is 183 Å². The predicted molar refractivity (Wildman–Crippen MR) is 119 cm³/mol. The predicted octanol–water partition coefficient (Wildman–Crippen LogP) is 4.94. The molecular formula is C21H21BrN2O5S. The zero-order valence-electron chi connectivity index (χ0n) is 16.4. The third-order valence-corrected chi connectivity index (χ3v) is 5.98. The molecule has 1 aromatic heterocycles. The zero-order valence-corrected chi connectivity index (χ0v) is 18.8. The van der Waals surface area contributed by atoms with Gasteiger partial charge in [0.05, 0.1) is 11.4 Å². The Morgan fingerprint density at radius 2 is 1.93 bits per heavy atom. The Hall–Kier alpha value is -2.78. The number of amides is 1. The minimum absolute atomic E-state index is 0.0169. The minimum atomic E-state index is -3.37. The van der Waals surface area contributed by atoms with Crippen molar-refractivity contribution in [2.24, 2.45) is 0 Å². The molecule has 3 aromatic rings. The van der Waals surface area contributed by atoms with Crippen LogP contribution in [0.25, 0.3) is 0 Å². The van der Waals surface area contributed by atoms with Crippen molar-refractivity contribution in [2.75, 3.05) is 15.8 Å². The number of ether oxygens (including phenoxy) is 1. The van der Waals surface area contributed by atoms with E-state index in [1.165, 1.54) is 0 Å². The van der Waals surface area contributed by atoms with Gasteiger partial charge >= 0.3 is 0 Å². The molecule has 3 rings (SSSR count). The van der Waals surface area contributed by atoms with E-state index in [0.717, 1.165) is 4.47 Å². The molecule has 0 saturated heterocycles. The molecule has 0 aliphatic carbocycles. The van der Waals surface area contributed by atoms with Gasteiger partial charge in [0.25, 0.3) is 5.91 Å². The molecule has 7 nitrogen and oxygen atoms in total. The number of aryl methyl sites for hydroxylation is 1.